The molecule has 5 nitrogen and oxygen atoms in total. The lowest BCUT2D eigenvalue weighted by Gasteiger charge is -2.12. The number of rotatable bonds is 7. The number of hydrogen-bond donors (Lipinski definition) is 1. The van der Waals surface area contributed by atoms with Gasteiger partial charge in [0.15, 0.2) is 0 Å². The van der Waals surface area contributed by atoms with E-state index in [1.165, 1.54) is 7.11 Å². The standard InChI is InChI=1S/C18H18ClNO4/c1-12-10-15(8-9-16(12)19)23-11-14-6-4-5-7-17(14)24-18(21)13(2)20-22-3/h4-10,20H,2,11H2,1,3H3. The highest BCUT2D eigenvalue weighted by molar-refractivity contribution is 6.31. The average molecular weight is 348 g/mol. The van der Waals surface area contributed by atoms with E-state index in [0.29, 0.717) is 16.5 Å². The van der Waals surface area contributed by atoms with Crippen molar-refractivity contribution in [2.45, 2.75) is 13.5 Å². The summed E-state index contributed by atoms with van der Waals surface area (Å²) in [4.78, 5) is 16.5. The van der Waals surface area contributed by atoms with Gasteiger partial charge >= 0.3 is 5.97 Å². The molecule has 0 radical (unpaired) electrons. The Kier molecular flexibility index (Phi) is 6.23. The highest BCUT2D eigenvalue weighted by Crippen LogP contribution is 2.24. The Hall–Kier alpha value is -2.50. The van der Waals surface area contributed by atoms with Crippen molar-refractivity contribution in [3.8, 4) is 11.5 Å². The molecule has 0 aliphatic heterocycles. The van der Waals surface area contributed by atoms with Crippen LogP contribution in [-0.4, -0.2) is 13.1 Å². The van der Waals surface area contributed by atoms with Crippen LogP contribution < -0.4 is 15.0 Å². The van der Waals surface area contributed by atoms with Crippen LogP contribution in [0.3, 0.4) is 0 Å². The Bertz CT molecular complexity index is 746. The number of halogens is 1. The van der Waals surface area contributed by atoms with Crippen molar-refractivity contribution in [1.82, 2.24) is 5.48 Å². The molecule has 0 atom stereocenters. The van der Waals surface area contributed by atoms with Crippen LogP contribution in [0.1, 0.15) is 11.1 Å². The fraction of sp³-hybridized carbons (Fsp3) is 0.167. The lowest BCUT2D eigenvalue weighted by molar-refractivity contribution is -0.131. The van der Waals surface area contributed by atoms with Gasteiger partial charge in [0.1, 0.15) is 23.8 Å². The van der Waals surface area contributed by atoms with E-state index in [1.807, 2.05) is 25.1 Å². The van der Waals surface area contributed by atoms with Gasteiger partial charge in [-0.25, -0.2) is 4.79 Å². The quantitative estimate of drug-likeness (QED) is 0.357. The van der Waals surface area contributed by atoms with Gasteiger partial charge in [-0.05, 0) is 36.8 Å². The summed E-state index contributed by atoms with van der Waals surface area (Å²) in [5.74, 6) is 0.447. The molecule has 2 rings (SSSR count). The summed E-state index contributed by atoms with van der Waals surface area (Å²) in [6.45, 7) is 5.67. The summed E-state index contributed by atoms with van der Waals surface area (Å²) < 4.78 is 11.1. The molecule has 0 amide bonds. The molecule has 0 spiro atoms. The highest BCUT2D eigenvalue weighted by Gasteiger charge is 2.13. The predicted octanol–water partition coefficient (Wildman–Crippen LogP) is 3.80. The van der Waals surface area contributed by atoms with Crippen LogP contribution in [0.2, 0.25) is 5.02 Å². The van der Waals surface area contributed by atoms with E-state index in [2.05, 4.69) is 16.9 Å². The third-order valence-corrected chi connectivity index (χ3v) is 3.59. The smallest absolute Gasteiger partial charge is 0.361 e. The van der Waals surface area contributed by atoms with Crippen molar-refractivity contribution in [1.29, 1.82) is 0 Å². The Morgan fingerprint density at radius 3 is 2.71 bits per heavy atom. The van der Waals surface area contributed by atoms with Crippen LogP contribution >= 0.6 is 11.6 Å². The molecule has 126 valence electrons. The van der Waals surface area contributed by atoms with Gasteiger partial charge in [-0.1, -0.05) is 36.4 Å². The first kappa shape index (κ1) is 17.8. The number of hydroxylamine groups is 1. The largest absolute Gasteiger partial charge is 0.489 e. The molecule has 0 heterocycles. The summed E-state index contributed by atoms with van der Waals surface area (Å²) in [5, 5.41) is 0.681. The van der Waals surface area contributed by atoms with Gasteiger partial charge in [-0.15, -0.1) is 0 Å². The number of ether oxygens (including phenoxy) is 2. The van der Waals surface area contributed by atoms with Crippen LogP contribution in [0.5, 0.6) is 11.5 Å². The van der Waals surface area contributed by atoms with E-state index < -0.39 is 5.97 Å². The SMILES string of the molecule is C=C(NOC)C(=O)Oc1ccccc1COc1ccc(Cl)c(C)c1. The highest BCUT2D eigenvalue weighted by atomic mass is 35.5. The Labute approximate surface area is 145 Å². The zero-order valence-corrected chi connectivity index (χ0v) is 14.2. The number of esters is 1. The van der Waals surface area contributed by atoms with Gasteiger partial charge < -0.3 is 9.47 Å². The molecular formula is C18H18ClNO4. The van der Waals surface area contributed by atoms with Gasteiger partial charge in [0.05, 0.1) is 7.11 Å². The molecule has 0 aromatic heterocycles. The van der Waals surface area contributed by atoms with Crippen molar-refractivity contribution in [3.63, 3.8) is 0 Å². The molecule has 0 fully saturated rings. The lowest BCUT2D eigenvalue weighted by atomic mass is 10.2. The second kappa shape index (κ2) is 8.38. The minimum absolute atomic E-state index is 0.00143. The molecule has 0 saturated carbocycles. The van der Waals surface area contributed by atoms with E-state index in [9.17, 15) is 4.79 Å². The van der Waals surface area contributed by atoms with Gasteiger partial charge in [0.2, 0.25) is 0 Å². The van der Waals surface area contributed by atoms with E-state index in [-0.39, 0.29) is 12.3 Å². The van der Waals surface area contributed by atoms with Gasteiger partial charge in [0, 0.05) is 10.6 Å². The number of aryl methyl sites for hydroxylation is 1. The normalized spacial score (nSPS) is 10.1. The molecule has 2 aromatic rings. The zero-order valence-electron chi connectivity index (χ0n) is 13.5. The topological polar surface area (TPSA) is 56.8 Å². The van der Waals surface area contributed by atoms with Gasteiger partial charge in [0.25, 0.3) is 0 Å². The number of hydrogen-bond acceptors (Lipinski definition) is 5. The van der Waals surface area contributed by atoms with Crippen LogP contribution in [0.25, 0.3) is 0 Å². The first-order chi connectivity index (χ1) is 11.5. The maximum absolute atomic E-state index is 11.9. The number of para-hydroxylation sites is 1. The first-order valence-corrected chi connectivity index (χ1v) is 7.56. The van der Waals surface area contributed by atoms with Crippen molar-refractivity contribution in [2.24, 2.45) is 0 Å². The molecule has 6 heteroatoms. The van der Waals surface area contributed by atoms with Crippen molar-refractivity contribution in [3.05, 3.63) is 70.9 Å². The minimum Gasteiger partial charge on any atom is -0.489 e. The second-order valence-corrected chi connectivity index (χ2v) is 5.39. The monoisotopic (exact) mass is 347 g/mol. The molecular weight excluding hydrogens is 330 g/mol. The molecule has 0 bridgehead atoms. The Morgan fingerprint density at radius 2 is 2.00 bits per heavy atom. The number of carbonyl (C=O) groups is 1. The second-order valence-electron chi connectivity index (χ2n) is 4.98. The Balaban J connectivity index is 2.07. The zero-order chi connectivity index (χ0) is 17.5. The number of carbonyl (C=O) groups excluding carboxylic acids is 1. The van der Waals surface area contributed by atoms with Crippen molar-refractivity contribution < 1.29 is 19.1 Å². The van der Waals surface area contributed by atoms with E-state index >= 15 is 0 Å². The van der Waals surface area contributed by atoms with Crippen molar-refractivity contribution >= 4 is 17.6 Å². The van der Waals surface area contributed by atoms with Crippen molar-refractivity contribution in [2.75, 3.05) is 7.11 Å². The third-order valence-electron chi connectivity index (χ3n) is 3.17. The molecule has 24 heavy (non-hydrogen) atoms. The van der Waals surface area contributed by atoms with E-state index in [0.717, 1.165) is 11.1 Å². The van der Waals surface area contributed by atoms with Crippen LogP contribution in [0, 0.1) is 6.92 Å². The summed E-state index contributed by atoms with van der Waals surface area (Å²) >= 11 is 6.00. The fourth-order valence-corrected chi connectivity index (χ4v) is 2.03. The maximum atomic E-state index is 11.9. The maximum Gasteiger partial charge on any atom is 0.361 e. The lowest BCUT2D eigenvalue weighted by Crippen LogP contribution is -2.22. The van der Waals surface area contributed by atoms with Gasteiger partial charge in [-0.3, -0.25) is 10.3 Å². The molecule has 1 N–H and O–H groups in total. The van der Waals surface area contributed by atoms with Crippen LogP contribution in [-0.2, 0) is 16.2 Å². The molecule has 0 unspecified atom stereocenters. The molecule has 0 saturated heterocycles. The number of benzene rings is 2. The Morgan fingerprint density at radius 1 is 1.25 bits per heavy atom. The van der Waals surface area contributed by atoms with E-state index in [4.69, 9.17) is 21.1 Å². The summed E-state index contributed by atoms with van der Waals surface area (Å²) in [5.41, 5.74) is 4.00. The third kappa shape index (κ3) is 4.75. The fourth-order valence-electron chi connectivity index (χ4n) is 1.92. The van der Waals surface area contributed by atoms with E-state index in [1.54, 1.807) is 24.3 Å². The van der Waals surface area contributed by atoms with Crippen LogP contribution in [0.4, 0.5) is 0 Å². The molecule has 2 aromatic carbocycles. The van der Waals surface area contributed by atoms with Crippen LogP contribution in [0.15, 0.2) is 54.7 Å². The molecule has 0 aliphatic rings. The average Bonchev–Trinajstić information content (AvgIpc) is 2.57. The van der Waals surface area contributed by atoms with Gasteiger partial charge in [-0.2, -0.15) is 0 Å². The predicted molar refractivity (Wildman–Crippen MR) is 91.9 cm³/mol. The minimum atomic E-state index is -0.633. The number of nitrogens with one attached hydrogen (secondary N) is 1. The summed E-state index contributed by atoms with van der Waals surface area (Å²) in [7, 11) is 1.38. The summed E-state index contributed by atoms with van der Waals surface area (Å²) in [6, 6.07) is 12.5. The summed E-state index contributed by atoms with van der Waals surface area (Å²) in [6.07, 6.45) is 0. The first-order valence-electron chi connectivity index (χ1n) is 7.18. The molecule has 0 aliphatic carbocycles.